The fourth-order valence-electron chi connectivity index (χ4n) is 1.63. The number of hydrogen-bond acceptors (Lipinski definition) is 0. The van der Waals surface area contributed by atoms with Gasteiger partial charge in [-0.25, -0.2) is 0 Å². The Morgan fingerprint density at radius 2 is 1.00 bits per heavy atom. The monoisotopic (exact) mass is 232 g/mol. The van der Waals surface area contributed by atoms with E-state index in [-0.39, 0.29) is 7.43 Å². The van der Waals surface area contributed by atoms with Gasteiger partial charge in [-0.1, -0.05) is 88.5 Å². The first kappa shape index (κ1) is 25.0. The lowest BCUT2D eigenvalue weighted by molar-refractivity contribution is 0.121. The summed E-state index contributed by atoms with van der Waals surface area (Å²) in [6.45, 7) is 16.9. The quantitative estimate of drug-likeness (QED) is 0.477. The van der Waals surface area contributed by atoms with Crippen LogP contribution in [0.2, 0.25) is 0 Å². The van der Waals surface area contributed by atoms with E-state index in [2.05, 4.69) is 27.7 Å². The van der Waals surface area contributed by atoms with Gasteiger partial charge in [0.2, 0.25) is 0 Å². The Morgan fingerprint density at radius 1 is 0.750 bits per heavy atom. The highest BCUT2D eigenvalue weighted by Gasteiger charge is 2.32. The molecule has 0 heteroatoms. The molecule has 0 aliphatic heterocycles. The van der Waals surface area contributed by atoms with E-state index < -0.39 is 0 Å². The summed E-state index contributed by atoms with van der Waals surface area (Å²) in [5, 5.41) is 0. The second-order valence-corrected chi connectivity index (χ2v) is 3.77. The fraction of sp³-hybridized carbons (Fsp3) is 1.00. The summed E-state index contributed by atoms with van der Waals surface area (Å²) >= 11 is 0. The van der Waals surface area contributed by atoms with E-state index in [9.17, 15) is 0 Å². The van der Waals surface area contributed by atoms with Crippen LogP contribution in [0, 0.1) is 5.41 Å². The summed E-state index contributed by atoms with van der Waals surface area (Å²) in [7, 11) is 0. The van der Waals surface area contributed by atoms with Crippen molar-refractivity contribution in [3.05, 3.63) is 0 Å². The summed E-state index contributed by atoms with van der Waals surface area (Å²) < 4.78 is 0. The Bertz CT molecular complexity index is 66.5. The molecule has 1 aliphatic carbocycles. The van der Waals surface area contributed by atoms with Crippen molar-refractivity contribution in [1.82, 2.24) is 0 Å². The molecule has 0 aromatic heterocycles. The minimum atomic E-state index is 0. The standard InChI is InChI=1S/C8H16.C3H8.2C2H6.CH4/c1-3-8(4-2)6-5-7-8;1-3-2;2*1-2;/h3-7H2,1-2H3;3H2,1-2H3;2*1-2H3;1H4. The van der Waals surface area contributed by atoms with Gasteiger partial charge >= 0.3 is 0 Å². The average molecular weight is 232 g/mol. The molecule has 0 spiro atoms. The Labute approximate surface area is 107 Å². The van der Waals surface area contributed by atoms with Gasteiger partial charge in [0.05, 0.1) is 0 Å². The Balaban J connectivity index is -0.0000000778. The molecule has 1 saturated carbocycles. The van der Waals surface area contributed by atoms with Crippen molar-refractivity contribution in [2.75, 3.05) is 0 Å². The van der Waals surface area contributed by atoms with E-state index in [1.807, 2.05) is 27.7 Å². The van der Waals surface area contributed by atoms with Gasteiger partial charge in [0.15, 0.2) is 0 Å². The lowest BCUT2D eigenvalue weighted by Crippen LogP contribution is -2.27. The van der Waals surface area contributed by atoms with E-state index in [1.54, 1.807) is 0 Å². The minimum Gasteiger partial charge on any atom is -0.0776 e. The van der Waals surface area contributed by atoms with Gasteiger partial charge in [0.25, 0.3) is 0 Å². The summed E-state index contributed by atoms with van der Waals surface area (Å²) in [5.74, 6) is 0. The van der Waals surface area contributed by atoms with Crippen LogP contribution in [0.25, 0.3) is 0 Å². The lowest BCUT2D eigenvalue weighted by atomic mass is 9.65. The van der Waals surface area contributed by atoms with Crippen LogP contribution in [-0.4, -0.2) is 0 Å². The zero-order chi connectivity index (χ0) is 12.7. The van der Waals surface area contributed by atoms with Gasteiger partial charge in [-0.3, -0.25) is 0 Å². The van der Waals surface area contributed by atoms with Crippen LogP contribution in [0.5, 0.6) is 0 Å². The van der Waals surface area contributed by atoms with E-state index in [0.717, 1.165) is 5.41 Å². The second-order valence-electron chi connectivity index (χ2n) is 3.77. The average Bonchev–Trinajstić information content (AvgIpc) is 2.25. The molecule has 0 aromatic carbocycles. The smallest absolute Gasteiger partial charge is 0.0303 e. The van der Waals surface area contributed by atoms with Crippen LogP contribution in [0.4, 0.5) is 0 Å². The third kappa shape index (κ3) is 12.1. The van der Waals surface area contributed by atoms with Crippen molar-refractivity contribution in [1.29, 1.82) is 0 Å². The molecule has 1 aliphatic rings. The Kier molecular flexibility index (Phi) is 31.9. The topological polar surface area (TPSA) is 0 Å². The second kappa shape index (κ2) is 20.4. The molecular formula is C16H40. The van der Waals surface area contributed by atoms with Gasteiger partial charge in [0, 0.05) is 0 Å². The molecule has 0 N–H and O–H groups in total. The minimum absolute atomic E-state index is 0. The zero-order valence-electron chi connectivity index (χ0n) is 12.7. The van der Waals surface area contributed by atoms with Crippen molar-refractivity contribution >= 4 is 0 Å². The Hall–Kier alpha value is 0. The largest absolute Gasteiger partial charge is 0.0776 e. The van der Waals surface area contributed by atoms with Gasteiger partial charge in [-0.2, -0.15) is 0 Å². The first-order valence-electron chi connectivity index (χ1n) is 7.24. The van der Waals surface area contributed by atoms with Crippen LogP contribution < -0.4 is 0 Å². The predicted molar refractivity (Wildman–Crippen MR) is 82.3 cm³/mol. The van der Waals surface area contributed by atoms with Crippen molar-refractivity contribution in [3.8, 4) is 0 Å². The van der Waals surface area contributed by atoms with Gasteiger partial charge in [0.1, 0.15) is 0 Å². The first-order chi connectivity index (χ1) is 7.24. The fourth-order valence-corrected chi connectivity index (χ4v) is 1.63. The first-order valence-corrected chi connectivity index (χ1v) is 7.24. The molecule has 0 heterocycles. The van der Waals surface area contributed by atoms with E-state index in [0.29, 0.717) is 0 Å². The zero-order valence-corrected chi connectivity index (χ0v) is 12.7. The highest BCUT2D eigenvalue weighted by molar-refractivity contribution is 4.84. The summed E-state index contributed by atoms with van der Waals surface area (Å²) in [6, 6.07) is 0. The molecule has 0 saturated heterocycles. The van der Waals surface area contributed by atoms with E-state index in [1.165, 1.54) is 38.5 Å². The maximum absolute atomic E-state index is 2.32. The van der Waals surface area contributed by atoms with Crippen molar-refractivity contribution in [2.24, 2.45) is 5.41 Å². The van der Waals surface area contributed by atoms with Crippen LogP contribution in [0.1, 0.15) is 101 Å². The van der Waals surface area contributed by atoms with Crippen molar-refractivity contribution in [2.45, 2.75) is 101 Å². The van der Waals surface area contributed by atoms with Crippen LogP contribution in [-0.2, 0) is 0 Å². The van der Waals surface area contributed by atoms with Crippen LogP contribution in [0.3, 0.4) is 0 Å². The maximum Gasteiger partial charge on any atom is -0.0303 e. The molecule has 0 radical (unpaired) electrons. The van der Waals surface area contributed by atoms with Gasteiger partial charge < -0.3 is 0 Å². The molecule has 0 unspecified atom stereocenters. The molecule has 0 nitrogen and oxygen atoms in total. The normalized spacial score (nSPS) is 14.2. The van der Waals surface area contributed by atoms with E-state index >= 15 is 0 Å². The highest BCUT2D eigenvalue weighted by Crippen LogP contribution is 2.46. The summed E-state index contributed by atoms with van der Waals surface area (Å²) in [4.78, 5) is 0. The molecular weight excluding hydrogens is 192 g/mol. The molecule has 1 fully saturated rings. The van der Waals surface area contributed by atoms with E-state index in [4.69, 9.17) is 0 Å². The Morgan fingerprint density at radius 3 is 1.00 bits per heavy atom. The highest BCUT2D eigenvalue weighted by atomic mass is 14.4. The molecule has 0 aromatic rings. The SMILES string of the molecule is C.CC.CC.CCC.CCC1(CC)CCC1. The molecule has 0 bridgehead atoms. The maximum atomic E-state index is 2.32. The number of rotatable bonds is 2. The number of hydrogen-bond donors (Lipinski definition) is 0. The summed E-state index contributed by atoms with van der Waals surface area (Å²) in [5.41, 5.74) is 0.806. The molecule has 1 rings (SSSR count). The third-order valence-corrected chi connectivity index (χ3v) is 2.91. The molecule has 0 amide bonds. The van der Waals surface area contributed by atoms with Gasteiger partial charge in [-0.05, 0) is 18.3 Å². The molecule has 0 atom stereocenters. The van der Waals surface area contributed by atoms with Crippen LogP contribution >= 0.6 is 0 Å². The van der Waals surface area contributed by atoms with Crippen molar-refractivity contribution < 1.29 is 0 Å². The molecule has 16 heavy (non-hydrogen) atoms. The molecule has 104 valence electrons. The summed E-state index contributed by atoms with van der Waals surface area (Å²) in [6.07, 6.45) is 8.55. The van der Waals surface area contributed by atoms with Gasteiger partial charge in [-0.15, -0.1) is 0 Å². The van der Waals surface area contributed by atoms with Crippen LogP contribution in [0.15, 0.2) is 0 Å². The van der Waals surface area contributed by atoms with Crippen molar-refractivity contribution in [3.63, 3.8) is 0 Å². The third-order valence-electron chi connectivity index (χ3n) is 2.91. The predicted octanol–water partition coefficient (Wildman–Crippen LogP) is 7.08. The lowest BCUT2D eigenvalue weighted by Gasteiger charge is -2.40.